The third-order valence-electron chi connectivity index (χ3n) is 3.63. The molecule has 2 aliphatic heterocycles. The van der Waals surface area contributed by atoms with Crippen LogP contribution in [0, 0.1) is 5.92 Å². The molecule has 0 aromatic carbocycles. The number of hydrogen-bond acceptors (Lipinski definition) is 3. The highest BCUT2D eigenvalue weighted by Crippen LogP contribution is 2.19. The van der Waals surface area contributed by atoms with Gasteiger partial charge in [-0.25, -0.2) is 0 Å². The highest BCUT2D eigenvalue weighted by molar-refractivity contribution is 4.80. The Balaban J connectivity index is 1.72. The minimum Gasteiger partial charge on any atom is -0.381 e. The summed E-state index contributed by atoms with van der Waals surface area (Å²) in [6, 6.07) is 1.19. The number of rotatable bonds is 3. The van der Waals surface area contributed by atoms with Gasteiger partial charge in [0.15, 0.2) is 0 Å². The van der Waals surface area contributed by atoms with Crippen molar-refractivity contribution in [3.05, 3.63) is 0 Å². The van der Waals surface area contributed by atoms with Crippen LogP contribution in [0.5, 0.6) is 0 Å². The van der Waals surface area contributed by atoms with E-state index in [2.05, 4.69) is 12.2 Å². The molecule has 2 atom stereocenters. The molecular formula is C12H23NO2. The highest BCUT2D eigenvalue weighted by atomic mass is 16.5. The lowest BCUT2D eigenvalue weighted by Crippen LogP contribution is -2.46. The molecule has 0 bridgehead atoms. The van der Waals surface area contributed by atoms with Gasteiger partial charge in [-0.05, 0) is 38.5 Å². The maximum atomic E-state index is 5.48. The van der Waals surface area contributed by atoms with Crippen molar-refractivity contribution in [2.24, 2.45) is 5.92 Å². The van der Waals surface area contributed by atoms with E-state index >= 15 is 0 Å². The lowest BCUT2D eigenvalue weighted by Gasteiger charge is -2.33. The number of nitrogens with one attached hydrogen (secondary N) is 1. The van der Waals surface area contributed by atoms with Crippen LogP contribution < -0.4 is 5.32 Å². The summed E-state index contributed by atoms with van der Waals surface area (Å²) in [5.41, 5.74) is 0. The first-order valence-electron chi connectivity index (χ1n) is 6.28. The second-order valence-electron chi connectivity index (χ2n) is 4.82. The van der Waals surface area contributed by atoms with Crippen molar-refractivity contribution in [3.8, 4) is 0 Å². The average molecular weight is 213 g/mol. The van der Waals surface area contributed by atoms with Gasteiger partial charge in [0, 0.05) is 31.9 Å². The van der Waals surface area contributed by atoms with Crippen molar-refractivity contribution >= 4 is 0 Å². The predicted octanol–water partition coefficient (Wildman–Crippen LogP) is 1.57. The standard InChI is InChI=1S/C12H23NO2/c1-10(11-4-7-14-8-5-11)13-12-3-2-6-15-9-12/h10-13H,2-9H2,1H3/t10?,12-/m0/s1. The van der Waals surface area contributed by atoms with E-state index in [9.17, 15) is 0 Å². The molecule has 1 N–H and O–H groups in total. The quantitative estimate of drug-likeness (QED) is 0.772. The predicted molar refractivity (Wildman–Crippen MR) is 60.0 cm³/mol. The monoisotopic (exact) mass is 213 g/mol. The molecule has 0 amide bonds. The summed E-state index contributed by atoms with van der Waals surface area (Å²) in [5, 5.41) is 3.71. The van der Waals surface area contributed by atoms with Crippen LogP contribution in [0.4, 0.5) is 0 Å². The fourth-order valence-electron chi connectivity index (χ4n) is 2.60. The van der Waals surface area contributed by atoms with Gasteiger partial charge in [-0.3, -0.25) is 0 Å². The van der Waals surface area contributed by atoms with Crippen LogP contribution in [0.3, 0.4) is 0 Å². The Morgan fingerprint density at radius 3 is 2.53 bits per heavy atom. The summed E-state index contributed by atoms with van der Waals surface area (Å²) in [4.78, 5) is 0. The zero-order valence-corrected chi connectivity index (χ0v) is 9.71. The summed E-state index contributed by atoms with van der Waals surface area (Å²) in [6.45, 7) is 6.04. The first-order valence-corrected chi connectivity index (χ1v) is 6.28. The molecule has 2 heterocycles. The fraction of sp³-hybridized carbons (Fsp3) is 1.00. The lowest BCUT2D eigenvalue weighted by molar-refractivity contribution is 0.0394. The Hall–Kier alpha value is -0.120. The van der Waals surface area contributed by atoms with Gasteiger partial charge in [-0.1, -0.05) is 0 Å². The van der Waals surface area contributed by atoms with E-state index in [1.165, 1.54) is 25.7 Å². The van der Waals surface area contributed by atoms with Gasteiger partial charge in [0.2, 0.25) is 0 Å². The Bertz CT molecular complexity index is 174. The van der Waals surface area contributed by atoms with Crippen molar-refractivity contribution in [1.29, 1.82) is 0 Å². The molecule has 15 heavy (non-hydrogen) atoms. The maximum absolute atomic E-state index is 5.48. The molecular weight excluding hydrogens is 190 g/mol. The minimum absolute atomic E-state index is 0.580. The summed E-state index contributed by atoms with van der Waals surface area (Å²) in [7, 11) is 0. The van der Waals surface area contributed by atoms with Gasteiger partial charge < -0.3 is 14.8 Å². The third-order valence-corrected chi connectivity index (χ3v) is 3.63. The van der Waals surface area contributed by atoms with E-state index < -0.39 is 0 Å². The van der Waals surface area contributed by atoms with E-state index in [1.54, 1.807) is 0 Å². The fourth-order valence-corrected chi connectivity index (χ4v) is 2.60. The molecule has 88 valence electrons. The van der Waals surface area contributed by atoms with Crippen LogP contribution in [-0.2, 0) is 9.47 Å². The van der Waals surface area contributed by atoms with E-state index in [1.807, 2.05) is 0 Å². The molecule has 2 aliphatic rings. The first kappa shape index (κ1) is 11.4. The van der Waals surface area contributed by atoms with Crippen LogP contribution in [0.2, 0.25) is 0 Å². The number of hydrogen-bond donors (Lipinski definition) is 1. The molecule has 2 rings (SSSR count). The zero-order chi connectivity index (χ0) is 10.5. The molecule has 3 heteroatoms. The molecule has 0 aromatic heterocycles. The van der Waals surface area contributed by atoms with E-state index in [0.717, 1.165) is 32.3 Å². The van der Waals surface area contributed by atoms with Gasteiger partial charge >= 0.3 is 0 Å². The Morgan fingerprint density at radius 1 is 1.07 bits per heavy atom. The van der Waals surface area contributed by atoms with Gasteiger partial charge in [0.25, 0.3) is 0 Å². The molecule has 2 saturated heterocycles. The van der Waals surface area contributed by atoms with Crippen LogP contribution in [0.15, 0.2) is 0 Å². The zero-order valence-electron chi connectivity index (χ0n) is 9.71. The summed E-state index contributed by atoms with van der Waals surface area (Å²) < 4.78 is 10.9. The van der Waals surface area contributed by atoms with Gasteiger partial charge in [-0.15, -0.1) is 0 Å². The average Bonchev–Trinajstić information content (AvgIpc) is 2.31. The molecule has 0 spiro atoms. The SMILES string of the molecule is CC(N[C@H]1CCCOC1)C1CCOCC1. The van der Waals surface area contributed by atoms with Gasteiger partial charge in [-0.2, -0.15) is 0 Å². The van der Waals surface area contributed by atoms with Crippen molar-refractivity contribution in [3.63, 3.8) is 0 Å². The molecule has 3 nitrogen and oxygen atoms in total. The van der Waals surface area contributed by atoms with E-state index in [-0.39, 0.29) is 0 Å². The molecule has 0 radical (unpaired) electrons. The van der Waals surface area contributed by atoms with Crippen molar-refractivity contribution in [1.82, 2.24) is 5.32 Å². The summed E-state index contributed by atoms with van der Waals surface area (Å²) >= 11 is 0. The van der Waals surface area contributed by atoms with Crippen LogP contribution in [0.25, 0.3) is 0 Å². The summed E-state index contributed by atoms with van der Waals surface area (Å²) in [6.07, 6.45) is 4.90. The molecule has 2 fully saturated rings. The molecule has 1 unspecified atom stereocenters. The largest absolute Gasteiger partial charge is 0.381 e. The lowest BCUT2D eigenvalue weighted by atomic mass is 9.92. The second-order valence-corrected chi connectivity index (χ2v) is 4.82. The van der Waals surface area contributed by atoms with Crippen LogP contribution in [0.1, 0.15) is 32.6 Å². The molecule has 0 aliphatic carbocycles. The van der Waals surface area contributed by atoms with Crippen molar-refractivity contribution in [2.75, 3.05) is 26.4 Å². The molecule has 0 saturated carbocycles. The van der Waals surface area contributed by atoms with E-state index in [0.29, 0.717) is 12.1 Å². The molecule has 0 aromatic rings. The Morgan fingerprint density at radius 2 is 1.87 bits per heavy atom. The van der Waals surface area contributed by atoms with Crippen LogP contribution >= 0.6 is 0 Å². The smallest absolute Gasteiger partial charge is 0.0619 e. The normalized spacial score (nSPS) is 31.4. The Kier molecular flexibility index (Phi) is 4.42. The minimum atomic E-state index is 0.580. The van der Waals surface area contributed by atoms with Gasteiger partial charge in [0.1, 0.15) is 0 Å². The highest BCUT2D eigenvalue weighted by Gasteiger charge is 2.23. The summed E-state index contributed by atoms with van der Waals surface area (Å²) in [5.74, 6) is 0.792. The number of ether oxygens (including phenoxy) is 2. The third kappa shape index (κ3) is 3.44. The van der Waals surface area contributed by atoms with E-state index in [4.69, 9.17) is 9.47 Å². The first-order chi connectivity index (χ1) is 7.36. The maximum Gasteiger partial charge on any atom is 0.0619 e. The van der Waals surface area contributed by atoms with Crippen molar-refractivity contribution in [2.45, 2.75) is 44.7 Å². The van der Waals surface area contributed by atoms with Crippen LogP contribution in [-0.4, -0.2) is 38.5 Å². The topological polar surface area (TPSA) is 30.5 Å². The van der Waals surface area contributed by atoms with Crippen molar-refractivity contribution < 1.29 is 9.47 Å². The Labute approximate surface area is 92.5 Å². The van der Waals surface area contributed by atoms with Gasteiger partial charge in [0.05, 0.1) is 6.61 Å². The second kappa shape index (κ2) is 5.83.